The topological polar surface area (TPSA) is 194 Å². The van der Waals surface area contributed by atoms with Crippen LogP contribution in [0.3, 0.4) is 0 Å². The van der Waals surface area contributed by atoms with Crippen molar-refractivity contribution in [1.29, 1.82) is 0 Å². The van der Waals surface area contributed by atoms with Crippen LogP contribution in [-0.2, 0) is 21.2 Å². The normalized spacial score (nSPS) is 22.1. The number of imidazole rings is 1. The number of nitrogens with one attached hydrogen (secondary N) is 2. The first-order valence-electron chi connectivity index (χ1n) is 11.5. The molecule has 4 atom stereocenters. The van der Waals surface area contributed by atoms with Gasteiger partial charge in [0.1, 0.15) is 18.0 Å². The molecule has 0 unspecified atom stereocenters. The van der Waals surface area contributed by atoms with Crippen molar-refractivity contribution in [2.45, 2.75) is 29.4 Å². The predicted molar refractivity (Wildman–Crippen MR) is 140 cm³/mol. The number of ether oxygens (including phenoxy) is 1. The van der Waals surface area contributed by atoms with Crippen molar-refractivity contribution < 1.29 is 28.2 Å². The lowest BCUT2D eigenvalue weighted by molar-refractivity contribution is -0.123. The van der Waals surface area contributed by atoms with Gasteiger partial charge in [-0.1, -0.05) is 11.6 Å². The fraction of sp³-hybridized carbons (Fsp3) is 0.304. The van der Waals surface area contributed by atoms with Crippen LogP contribution in [0.4, 0.5) is 5.82 Å². The van der Waals surface area contributed by atoms with Crippen molar-refractivity contribution in [3.8, 4) is 17.1 Å². The SMILES string of the molecule is CNC(=O)[C@@H]1[C@@H](O)[C@@H](O)[C@H](n2cnc3c(NCc4cc(OC)ccn4)nc(-c4cncc(Cl)c4)nc32)S1(=O)=O. The van der Waals surface area contributed by atoms with E-state index in [0.29, 0.717) is 22.0 Å². The molecule has 1 amide bonds. The fourth-order valence-electron chi connectivity index (χ4n) is 4.40. The minimum atomic E-state index is -4.44. The van der Waals surface area contributed by atoms with Crippen molar-refractivity contribution in [2.24, 2.45) is 0 Å². The van der Waals surface area contributed by atoms with Crippen LogP contribution in [-0.4, -0.2) is 85.6 Å². The third-order valence-corrected chi connectivity index (χ3v) is 8.85. The Morgan fingerprint density at radius 2 is 1.97 bits per heavy atom. The van der Waals surface area contributed by atoms with Gasteiger partial charge in [0.25, 0.3) is 0 Å². The monoisotopic (exact) mass is 574 g/mol. The summed E-state index contributed by atoms with van der Waals surface area (Å²) < 4.78 is 33.1. The third kappa shape index (κ3) is 4.73. The number of rotatable bonds is 7. The molecule has 0 aromatic carbocycles. The molecule has 1 aliphatic rings. The van der Waals surface area contributed by atoms with Gasteiger partial charge in [-0.3, -0.25) is 19.3 Å². The number of pyridine rings is 2. The van der Waals surface area contributed by atoms with Gasteiger partial charge in [0.15, 0.2) is 43.3 Å². The molecular weight excluding hydrogens is 552 g/mol. The number of carbonyl (C=O) groups is 1. The summed E-state index contributed by atoms with van der Waals surface area (Å²) in [5, 5.41) is 23.3. The quantitative estimate of drug-likeness (QED) is 0.236. The van der Waals surface area contributed by atoms with E-state index >= 15 is 0 Å². The van der Waals surface area contributed by atoms with Gasteiger partial charge in [-0.2, -0.15) is 0 Å². The summed E-state index contributed by atoms with van der Waals surface area (Å²) in [6.07, 6.45) is 1.96. The largest absolute Gasteiger partial charge is 0.497 e. The maximum Gasteiger partial charge on any atom is 0.240 e. The van der Waals surface area contributed by atoms with E-state index < -0.39 is 38.6 Å². The van der Waals surface area contributed by atoms with Gasteiger partial charge in [-0.15, -0.1) is 0 Å². The molecule has 14 nitrogen and oxygen atoms in total. The first-order valence-corrected chi connectivity index (χ1v) is 13.5. The minimum absolute atomic E-state index is 0.0264. The average molecular weight is 575 g/mol. The van der Waals surface area contributed by atoms with Gasteiger partial charge in [0, 0.05) is 37.3 Å². The summed E-state index contributed by atoms with van der Waals surface area (Å²) in [7, 11) is -1.66. The lowest BCUT2D eigenvalue weighted by atomic mass is 10.1. The van der Waals surface area contributed by atoms with Crippen LogP contribution in [0.15, 0.2) is 43.1 Å². The van der Waals surface area contributed by atoms with Crippen LogP contribution in [0.5, 0.6) is 5.75 Å². The molecule has 1 fully saturated rings. The Morgan fingerprint density at radius 3 is 2.69 bits per heavy atom. The Hall–Kier alpha value is -3.92. The maximum atomic E-state index is 13.4. The lowest BCUT2D eigenvalue weighted by Gasteiger charge is -2.17. The van der Waals surface area contributed by atoms with E-state index in [2.05, 4.69) is 35.6 Å². The number of halogens is 1. The second-order valence-corrected chi connectivity index (χ2v) is 11.3. The Labute approximate surface area is 227 Å². The molecule has 1 saturated heterocycles. The van der Waals surface area contributed by atoms with E-state index in [0.717, 1.165) is 4.57 Å². The number of sulfone groups is 1. The molecule has 0 aliphatic carbocycles. The number of aliphatic hydroxyl groups excluding tert-OH is 2. The van der Waals surface area contributed by atoms with E-state index in [-0.39, 0.29) is 29.4 Å². The summed E-state index contributed by atoms with van der Waals surface area (Å²) in [6.45, 7) is 0.200. The molecule has 204 valence electrons. The van der Waals surface area contributed by atoms with E-state index in [1.807, 2.05) is 0 Å². The number of hydrogen-bond donors (Lipinski definition) is 4. The van der Waals surface area contributed by atoms with Crippen LogP contribution in [0.1, 0.15) is 11.1 Å². The highest BCUT2D eigenvalue weighted by molar-refractivity contribution is 7.93. The number of fused-ring (bicyclic) bond motifs is 1. The highest BCUT2D eigenvalue weighted by Gasteiger charge is 2.58. The van der Waals surface area contributed by atoms with Crippen molar-refractivity contribution in [3.63, 3.8) is 0 Å². The number of anilines is 1. The molecule has 5 heterocycles. The first-order chi connectivity index (χ1) is 18.6. The Bertz CT molecular complexity index is 1670. The van der Waals surface area contributed by atoms with Gasteiger partial charge < -0.3 is 25.6 Å². The second kappa shape index (κ2) is 10.3. The van der Waals surface area contributed by atoms with Crippen LogP contribution >= 0.6 is 11.6 Å². The lowest BCUT2D eigenvalue weighted by Crippen LogP contribution is -2.43. The molecule has 16 heteroatoms. The molecule has 0 saturated carbocycles. The highest BCUT2D eigenvalue weighted by Crippen LogP contribution is 2.38. The number of amides is 1. The van der Waals surface area contributed by atoms with Gasteiger partial charge in [0.05, 0.1) is 30.7 Å². The standard InChI is InChI=1S/C23H23ClN8O6S/c1-25-22(35)18-16(33)17(34)23(39(18,36)37)32-10-29-15-20(28-9-13-6-14(38-2)3-4-27-13)30-19(31-21(15)32)11-5-12(24)8-26-7-11/h3-8,10,16-18,23,33-34H,9H2,1-2H3,(H,25,35)(H,28,30,31)/t16-,17+,18-,23+/m0/s1. The Morgan fingerprint density at radius 1 is 1.18 bits per heavy atom. The maximum absolute atomic E-state index is 13.4. The van der Waals surface area contributed by atoms with E-state index in [9.17, 15) is 23.4 Å². The summed E-state index contributed by atoms with van der Waals surface area (Å²) in [4.78, 5) is 34.0. The third-order valence-electron chi connectivity index (χ3n) is 6.27. The van der Waals surface area contributed by atoms with E-state index in [1.165, 1.54) is 32.9 Å². The molecule has 4 aromatic rings. The number of hydrogen-bond acceptors (Lipinski definition) is 12. The van der Waals surface area contributed by atoms with E-state index in [4.69, 9.17) is 16.3 Å². The molecule has 5 rings (SSSR count). The van der Waals surface area contributed by atoms with Gasteiger partial charge in [0.2, 0.25) is 5.91 Å². The number of nitrogens with zero attached hydrogens (tertiary/aromatic N) is 6. The van der Waals surface area contributed by atoms with Crippen LogP contribution in [0.2, 0.25) is 5.02 Å². The molecule has 0 spiro atoms. The number of aromatic nitrogens is 6. The number of methoxy groups -OCH3 is 1. The molecule has 4 aromatic heterocycles. The zero-order chi connectivity index (χ0) is 27.9. The summed E-state index contributed by atoms with van der Waals surface area (Å²) in [5.74, 6) is 0.0245. The minimum Gasteiger partial charge on any atom is -0.497 e. The van der Waals surface area contributed by atoms with Crippen molar-refractivity contribution >= 4 is 44.3 Å². The highest BCUT2D eigenvalue weighted by atomic mass is 35.5. The molecular formula is C23H23ClN8O6S. The Kier molecular flexibility index (Phi) is 7.07. The summed E-state index contributed by atoms with van der Waals surface area (Å²) in [6, 6.07) is 5.01. The van der Waals surface area contributed by atoms with Crippen molar-refractivity contribution in [1.82, 2.24) is 34.8 Å². The molecule has 4 N–H and O–H groups in total. The number of carbonyl (C=O) groups excluding carboxylic acids is 1. The molecule has 1 aliphatic heterocycles. The van der Waals surface area contributed by atoms with Crippen molar-refractivity contribution in [3.05, 3.63) is 53.8 Å². The molecule has 0 bridgehead atoms. The van der Waals surface area contributed by atoms with Gasteiger partial charge in [-0.25, -0.2) is 23.4 Å². The zero-order valence-electron chi connectivity index (χ0n) is 20.6. The number of aliphatic hydroxyl groups is 2. The average Bonchev–Trinajstić information content (AvgIpc) is 3.41. The zero-order valence-corrected chi connectivity index (χ0v) is 22.1. The summed E-state index contributed by atoms with van der Waals surface area (Å²) >= 11 is 6.12. The Balaban J connectivity index is 1.64. The molecule has 0 radical (unpaired) electrons. The predicted octanol–water partition coefficient (Wildman–Crippen LogP) is 0.321. The van der Waals surface area contributed by atoms with Crippen LogP contribution in [0.25, 0.3) is 22.6 Å². The first kappa shape index (κ1) is 26.7. The second-order valence-electron chi connectivity index (χ2n) is 8.65. The smallest absolute Gasteiger partial charge is 0.240 e. The van der Waals surface area contributed by atoms with Crippen LogP contribution < -0.4 is 15.4 Å². The fourth-order valence-corrected chi connectivity index (χ4v) is 6.86. The van der Waals surface area contributed by atoms with E-state index in [1.54, 1.807) is 24.4 Å². The van der Waals surface area contributed by atoms with Gasteiger partial charge in [-0.05, 0) is 12.1 Å². The van der Waals surface area contributed by atoms with Gasteiger partial charge >= 0.3 is 0 Å². The van der Waals surface area contributed by atoms with Crippen LogP contribution in [0, 0.1) is 0 Å². The van der Waals surface area contributed by atoms with Crippen molar-refractivity contribution in [2.75, 3.05) is 19.5 Å². The molecule has 39 heavy (non-hydrogen) atoms. The summed E-state index contributed by atoms with van der Waals surface area (Å²) in [5.41, 5.74) is 1.25.